The maximum atomic E-state index is 13.3. The highest BCUT2D eigenvalue weighted by Gasteiger charge is 2.24. The standard InChI is InChI=1S/C12H10Cl2FNO/c1-7-2-4-8(5-3-7)9-6-17-12(16-9)10(15)11(13)14/h2-5,9H,6H2,1H3. The molecule has 1 unspecified atom stereocenters. The van der Waals surface area contributed by atoms with E-state index in [1.807, 2.05) is 31.2 Å². The predicted octanol–water partition coefficient (Wildman–Crippen LogP) is 4.08. The Morgan fingerprint density at radius 2 is 2.00 bits per heavy atom. The molecule has 2 rings (SSSR count). The van der Waals surface area contributed by atoms with Gasteiger partial charge in [0.05, 0.1) is 0 Å². The molecule has 0 saturated heterocycles. The van der Waals surface area contributed by atoms with Gasteiger partial charge < -0.3 is 4.74 Å². The number of rotatable bonds is 2. The highest BCUT2D eigenvalue weighted by atomic mass is 35.5. The largest absolute Gasteiger partial charge is 0.473 e. The zero-order valence-electron chi connectivity index (χ0n) is 9.08. The molecule has 0 aromatic heterocycles. The van der Waals surface area contributed by atoms with Crippen molar-refractivity contribution < 1.29 is 9.13 Å². The first kappa shape index (κ1) is 12.4. The van der Waals surface area contributed by atoms with E-state index in [4.69, 9.17) is 27.9 Å². The molecule has 2 nitrogen and oxygen atoms in total. The summed E-state index contributed by atoms with van der Waals surface area (Å²) in [4.78, 5) is 4.10. The van der Waals surface area contributed by atoms with Gasteiger partial charge in [0.1, 0.15) is 17.1 Å². The Hall–Kier alpha value is -1.06. The summed E-state index contributed by atoms with van der Waals surface area (Å²) in [6, 6.07) is 7.64. The molecule has 1 aromatic rings. The Bertz CT molecular complexity index is 478. The van der Waals surface area contributed by atoms with E-state index < -0.39 is 10.3 Å². The number of ether oxygens (including phenoxy) is 1. The van der Waals surface area contributed by atoms with E-state index in [-0.39, 0.29) is 11.9 Å². The summed E-state index contributed by atoms with van der Waals surface area (Å²) in [7, 11) is 0. The molecule has 0 radical (unpaired) electrons. The van der Waals surface area contributed by atoms with Crippen LogP contribution in [0.2, 0.25) is 0 Å². The van der Waals surface area contributed by atoms with Gasteiger partial charge in [-0.1, -0.05) is 53.0 Å². The van der Waals surface area contributed by atoms with Gasteiger partial charge >= 0.3 is 0 Å². The summed E-state index contributed by atoms with van der Waals surface area (Å²) in [5, 5.41) is 0. The van der Waals surface area contributed by atoms with Crippen LogP contribution in [0.15, 0.2) is 39.6 Å². The monoisotopic (exact) mass is 273 g/mol. The van der Waals surface area contributed by atoms with Crippen molar-refractivity contribution in [3.63, 3.8) is 0 Å². The van der Waals surface area contributed by atoms with E-state index in [0.29, 0.717) is 6.61 Å². The molecule has 1 heterocycles. The summed E-state index contributed by atoms with van der Waals surface area (Å²) in [5.74, 6) is -0.946. The molecule has 1 atom stereocenters. The molecule has 1 aliphatic rings. The number of hydrogen-bond donors (Lipinski definition) is 0. The van der Waals surface area contributed by atoms with E-state index in [9.17, 15) is 4.39 Å². The fraction of sp³-hybridized carbons (Fsp3) is 0.250. The van der Waals surface area contributed by atoms with Crippen molar-refractivity contribution >= 4 is 29.1 Å². The lowest BCUT2D eigenvalue weighted by molar-refractivity contribution is 0.313. The molecular formula is C12H10Cl2FNO. The van der Waals surface area contributed by atoms with Crippen LogP contribution < -0.4 is 0 Å². The van der Waals surface area contributed by atoms with Crippen molar-refractivity contribution in [3.05, 3.63) is 45.7 Å². The van der Waals surface area contributed by atoms with E-state index in [0.717, 1.165) is 11.1 Å². The Morgan fingerprint density at radius 1 is 1.35 bits per heavy atom. The zero-order chi connectivity index (χ0) is 12.4. The fourth-order valence-corrected chi connectivity index (χ4v) is 1.70. The van der Waals surface area contributed by atoms with Crippen LogP contribution in [0, 0.1) is 6.92 Å². The van der Waals surface area contributed by atoms with Crippen molar-refractivity contribution in [1.82, 2.24) is 0 Å². The van der Waals surface area contributed by atoms with Gasteiger partial charge in [0, 0.05) is 0 Å². The highest BCUT2D eigenvalue weighted by Crippen LogP contribution is 2.28. The second kappa shape index (κ2) is 5.07. The number of aryl methyl sites for hydroxylation is 1. The number of aliphatic imine (C=N–C) groups is 1. The number of benzene rings is 1. The van der Waals surface area contributed by atoms with Crippen molar-refractivity contribution in [2.75, 3.05) is 6.61 Å². The van der Waals surface area contributed by atoms with Crippen LogP contribution in [-0.2, 0) is 4.74 Å². The Kier molecular flexibility index (Phi) is 3.69. The lowest BCUT2D eigenvalue weighted by Gasteiger charge is -2.04. The second-order valence-electron chi connectivity index (χ2n) is 3.75. The first-order valence-corrected chi connectivity index (χ1v) is 5.82. The summed E-state index contributed by atoms with van der Waals surface area (Å²) >= 11 is 10.7. The predicted molar refractivity (Wildman–Crippen MR) is 67.1 cm³/mol. The molecule has 90 valence electrons. The zero-order valence-corrected chi connectivity index (χ0v) is 10.6. The lowest BCUT2D eigenvalue weighted by Crippen LogP contribution is -2.00. The van der Waals surface area contributed by atoms with Crippen molar-refractivity contribution in [3.8, 4) is 0 Å². The van der Waals surface area contributed by atoms with Gasteiger partial charge in [0.15, 0.2) is 0 Å². The molecule has 0 aliphatic carbocycles. The van der Waals surface area contributed by atoms with Crippen LogP contribution in [0.4, 0.5) is 4.39 Å². The van der Waals surface area contributed by atoms with Gasteiger partial charge in [-0.15, -0.1) is 0 Å². The highest BCUT2D eigenvalue weighted by molar-refractivity contribution is 6.57. The molecular weight excluding hydrogens is 264 g/mol. The Labute approximate surface area is 109 Å². The fourth-order valence-electron chi connectivity index (χ4n) is 1.53. The van der Waals surface area contributed by atoms with Crippen molar-refractivity contribution in [1.29, 1.82) is 0 Å². The topological polar surface area (TPSA) is 21.6 Å². The molecule has 0 bridgehead atoms. The average Bonchev–Trinajstić information content (AvgIpc) is 2.78. The van der Waals surface area contributed by atoms with Crippen LogP contribution in [-0.4, -0.2) is 12.5 Å². The molecule has 0 fully saturated rings. The minimum absolute atomic E-state index is 0.129. The number of nitrogens with zero attached hydrogens (tertiary/aromatic N) is 1. The minimum atomic E-state index is -0.817. The van der Waals surface area contributed by atoms with Crippen LogP contribution >= 0.6 is 23.2 Å². The smallest absolute Gasteiger partial charge is 0.249 e. The molecule has 1 aliphatic heterocycles. The molecule has 5 heteroatoms. The Balaban J connectivity index is 2.22. The lowest BCUT2D eigenvalue weighted by atomic mass is 10.1. The van der Waals surface area contributed by atoms with E-state index in [2.05, 4.69) is 4.99 Å². The summed E-state index contributed by atoms with van der Waals surface area (Å²) in [6.45, 7) is 2.30. The second-order valence-corrected chi connectivity index (χ2v) is 4.70. The number of hydrogen-bond acceptors (Lipinski definition) is 2. The Morgan fingerprint density at radius 3 is 2.59 bits per heavy atom. The van der Waals surface area contributed by atoms with E-state index >= 15 is 0 Å². The SMILES string of the molecule is Cc1ccc(C2COC(C(F)=C(Cl)Cl)=N2)cc1. The van der Waals surface area contributed by atoms with Crippen LogP contribution in [0.3, 0.4) is 0 Å². The first-order chi connectivity index (χ1) is 8.08. The van der Waals surface area contributed by atoms with Gasteiger partial charge in [0.2, 0.25) is 11.7 Å². The van der Waals surface area contributed by atoms with Crippen LogP contribution in [0.5, 0.6) is 0 Å². The molecule has 1 aromatic carbocycles. The molecule has 0 saturated carbocycles. The summed E-state index contributed by atoms with van der Waals surface area (Å²) in [6.07, 6.45) is 0. The van der Waals surface area contributed by atoms with Crippen molar-refractivity contribution in [2.24, 2.45) is 4.99 Å². The first-order valence-electron chi connectivity index (χ1n) is 5.06. The normalized spacial score (nSPS) is 18.6. The van der Waals surface area contributed by atoms with E-state index in [1.54, 1.807) is 0 Å². The molecule has 17 heavy (non-hydrogen) atoms. The quantitative estimate of drug-likeness (QED) is 0.796. The van der Waals surface area contributed by atoms with E-state index in [1.165, 1.54) is 0 Å². The van der Waals surface area contributed by atoms with Gasteiger partial charge in [-0.25, -0.2) is 4.99 Å². The summed E-state index contributed by atoms with van der Waals surface area (Å²) < 4.78 is 18.0. The third-order valence-corrected chi connectivity index (χ3v) is 2.80. The van der Waals surface area contributed by atoms with Crippen LogP contribution in [0.1, 0.15) is 17.2 Å². The molecule has 0 amide bonds. The molecule has 0 N–H and O–H groups in total. The summed E-state index contributed by atoms with van der Waals surface area (Å²) in [5.41, 5.74) is 2.14. The maximum absolute atomic E-state index is 13.3. The van der Waals surface area contributed by atoms with Gasteiger partial charge in [-0.05, 0) is 12.5 Å². The van der Waals surface area contributed by atoms with Gasteiger partial charge in [-0.2, -0.15) is 4.39 Å². The molecule has 0 spiro atoms. The third kappa shape index (κ3) is 2.79. The minimum Gasteiger partial charge on any atom is -0.473 e. The van der Waals surface area contributed by atoms with Crippen LogP contribution in [0.25, 0.3) is 0 Å². The van der Waals surface area contributed by atoms with Gasteiger partial charge in [-0.3, -0.25) is 0 Å². The average molecular weight is 274 g/mol. The third-order valence-electron chi connectivity index (χ3n) is 2.47. The maximum Gasteiger partial charge on any atom is 0.249 e. The van der Waals surface area contributed by atoms with Gasteiger partial charge in [0.25, 0.3) is 0 Å². The number of halogens is 3. The van der Waals surface area contributed by atoms with Crippen molar-refractivity contribution in [2.45, 2.75) is 13.0 Å².